The molecular formula is C10H14ClF3N2OS. The molecule has 0 aliphatic carbocycles. The summed E-state index contributed by atoms with van der Waals surface area (Å²) in [4.78, 5) is -0.00206. The average Bonchev–Trinajstić information content (AvgIpc) is 2.19. The summed E-state index contributed by atoms with van der Waals surface area (Å²) >= 11 is -0.239. The van der Waals surface area contributed by atoms with Gasteiger partial charge in [0.1, 0.15) is 5.75 Å². The van der Waals surface area contributed by atoms with Crippen LogP contribution in [0.4, 0.5) is 13.2 Å². The Hall–Kier alpha value is -0.630. The van der Waals surface area contributed by atoms with Crippen LogP contribution in [0.2, 0.25) is 0 Å². The highest BCUT2D eigenvalue weighted by atomic mass is 35.5. The van der Waals surface area contributed by atoms with E-state index in [0.717, 1.165) is 0 Å². The Morgan fingerprint density at radius 3 is 2.44 bits per heavy atom. The van der Waals surface area contributed by atoms with E-state index in [1.807, 2.05) is 0 Å². The molecule has 0 saturated heterocycles. The number of rotatable bonds is 4. The zero-order valence-electron chi connectivity index (χ0n) is 9.28. The maximum atomic E-state index is 12.2. The lowest BCUT2D eigenvalue weighted by Crippen LogP contribution is -2.15. The third-order valence-corrected chi connectivity index (χ3v) is 2.83. The third kappa shape index (κ3) is 5.34. The Kier molecular flexibility index (Phi) is 6.83. The van der Waals surface area contributed by atoms with Crippen molar-refractivity contribution in [3.05, 3.63) is 23.8 Å². The molecule has 0 fully saturated rings. The molecule has 0 unspecified atom stereocenters. The number of halogens is 4. The van der Waals surface area contributed by atoms with E-state index in [4.69, 9.17) is 11.5 Å². The highest BCUT2D eigenvalue weighted by molar-refractivity contribution is 8.00. The molecule has 3 nitrogen and oxygen atoms in total. The summed E-state index contributed by atoms with van der Waals surface area (Å²) in [6, 6.07) is 3.09. The summed E-state index contributed by atoms with van der Waals surface area (Å²) in [5.41, 5.74) is 6.95. The number of phenols is 1. The van der Waals surface area contributed by atoms with Crippen molar-refractivity contribution < 1.29 is 18.3 Å². The number of phenolic OH excluding ortho intramolecular Hbond substituents is 1. The van der Waals surface area contributed by atoms with E-state index in [1.54, 1.807) is 0 Å². The molecule has 1 atom stereocenters. The van der Waals surface area contributed by atoms with E-state index >= 15 is 0 Å². The van der Waals surface area contributed by atoms with Crippen molar-refractivity contribution in [3.8, 4) is 5.75 Å². The molecule has 0 aliphatic rings. The number of aromatic hydroxyl groups is 1. The van der Waals surface area contributed by atoms with E-state index in [0.29, 0.717) is 13.0 Å². The van der Waals surface area contributed by atoms with Crippen LogP contribution < -0.4 is 11.5 Å². The van der Waals surface area contributed by atoms with Gasteiger partial charge in [-0.15, -0.1) is 12.4 Å². The fraction of sp³-hybridized carbons (Fsp3) is 0.400. The number of thioether (sulfide) groups is 1. The fourth-order valence-electron chi connectivity index (χ4n) is 1.36. The second-order valence-electron chi connectivity index (χ2n) is 3.45. The maximum absolute atomic E-state index is 12.2. The van der Waals surface area contributed by atoms with Gasteiger partial charge in [0.15, 0.2) is 0 Å². The summed E-state index contributed by atoms with van der Waals surface area (Å²) in [5, 5.41) is 9.52. The first-order valence-corrected chi connectivity index (χ1v) is 5.69. The minimum atomic E-state index is -4.35. The minimum absolute atomic E-state index is 0. The second-order valence-corrected chi connectivity index (χ2v) is 4.59. The molecule has 0 amide bonds. The number of benzene rings is 1. The zero-order valence-corrected chi connectivity index (χ0v) is 10.9. The highest BCUT2D eigenvalue weighted by Crippen LogP contribution is 2.39. The molecule has 0 heterocycles. The number of nitrogens with two attached hydrogens (primary N) is 2. The predicted molar refractivity (Wildman–Crippen MR) is 67.9 cm³/mol. The van der Waals surface area contributed by atoms with Gasteiger partial charge in [0.25, 0.3) is 0 Å². The molecule has 1 aromatic carbocycles. The van der Waals surface area contributed by atoms with E-state index in [2.05, 4.69) is 0 Å². The van der Waals surface area contributed by atoms with Crippen LogP contribution in [0.3, 0.4) is 0 Å². The van der Waals surface area contributed by atoms with Crippen LogP contribution in [0.1, 0.15) is 18.0 Å². The first-order valence-electron chi connectivity index (χ1n) is 4.88. The lowest BCUT2D eigenvalue weighted by molar-refractivity contribution is -0.0328. The number of hydrogen-bond donors (Lipinski definition) is 3. The molecule has 1 aromatic rings. The summed E-state index contributed by atoms with van der Waals surface area (Å²) < 4.78 is 36.5. The topological polar surface area (TPSA) is 72.3 Å². The standard InChI is InChI=1S/C10H13F3N2OS.ClH/c11-10(12,13)17-6-1-2-9(16)7(5-6)8(15)3-4-14;/h1-2,5,8,16H,3-4,14-15H2;1H/t8-;/m1./s1. The van der Waals surface area contributed by atoms with E-state index < -0.39 is 11.6 Å². The van der Waals surface area contributed by atoms with Crippen LogP contribution in [0.5, 0.6) is 5.75 Å². The molecule has 0 radical (unpaired) electrons. The van der Waals surface area contributed by atoms with E-state index in [-0.39, 0.29) is 40.4 Å². The van der Waals surface area contributed by atoms with E-state index in [9.17, 15) is 18.3 Å². The minimum Gasteiger partial charge on any atom is -0.508 e. The van der Waals surface area contributed by atoms with Gasteiger partial charge >= 0.3 is 5.51 Å². The normalized spacial score (nSPS) is 12.9. The number of hydrogen-bond acceptors (Lipinski definition) is 4. The Morgan fingerprint density at radius 2 is 1.94 bits per heavy atom. The van der Waals surface area contributed by atoms with Crippen LogP contribution in [0.25, 0.3) is 0 Å². The molecule has 1 rings (SSSR count). The van der Waals surface area contributed by atoms with Crippen molar-refractivity contribution >= 4 is 24.2 Å². The van der Waals surface area contributed by atoms with Crippen molar-refractivity contribution in [1.29, 1.82) is 0 Å². The summed E-state index contributed by atoms with van der Waals surface area (Å²) in [5.74, 6) is -0.113. The Bertz CT molecular complexity index is 390. The van der Waals surface area contributed by atoms with Crippen molar-refractivity contribution in [3.63, 3.8) is 0 Å². The molecule has 0 bridgehead atoms. The van der Waals surface area contributed by atoms with Crippen LogP contribution >= 0.6 is 24.2 Å². The molecule has 0 aromatic heterocycles. The Morgan fingerprint density at radius 1 is 1.33 bits per heavy atom. The van der Waals surface area contributed by atoms with Crippen molar-refractivity contribution in [2.45, 2.75) is 22.9 Å². The lowest BCUT2D eigenvalue weighted by Gasteiger charge is -2.14. The lowest BCUT2D eigenvalue weighted by atomic mass is 10.0. The molecule has 18 heavy (non-hydrogen) atoms. The number of alkyl halides is 3. The molecule has 0 spiro atoms. The summed E-state index contributed by atoms with van der Waals surface area (Å²) in [6.07, 6.45) is 0.397. The van der Waals surface area contributed by atoms with Crippen molar-refractivity contribution in [2.24, 2.45) is 11.5 Å². The van der Waals surface area contributed by atoms with Gasteiger partial charge in [0, 0.05) is 16.5 Å². The molecular weight excluding hydrogens is 289 g/mol. The predicted octanol–water partition coefficient (Wildman–Crippen LogP) is 2.77. The quantitative estimate of drug-likeness (QED) is 0.748. The third-order valence-electron chi connectivity index (χ3n) is 2.11. The monoisotopic (exact) mass is 302 g/mol. The Balaban J connectivity index is 0.00000289. The first kappa shape index (κ1) is 17.4. The van der Waals surface area contributed by atoms with E-state index in [1.165, 1.54) is 18.2 Å². The fourth-order valence-corrected chi connectivity index (χ4v) is 1.95. The summed E-state index contributed by atoms with van der Waals surface area (Å²) in [6.45, 7) is 0.303. The van der Waals surface area contributed by atoms with Gasteiger partial charge in [0.05, 0.1) is 0 Å². The van der Waals surface area contributed by atoms with Crippen LogP contribution in [-0.4, -0.2) is 17.2 Å². The second kappa shape index (κ2) is 7.08. The average molecular weight is 303 g/mol. The zero-order chi connectivity index (χ0) is 13.1. The Labute approximate surface area is 113 Å². The van der Waals surface area contributed by atoms with Gasteiger partial charge < -0.3 is 16.6 Å². The molecule has 104 valence electrons. The highest BCUT2D eigenvalue weighted by Gasteiger charge is 2.29. The van der Waals surface area contributed by atoms with Gasteiger partial charge in [0.2, 0.25) is 0 Å². The maximum Gasteiger partial charge on any atom is 0.446 e. The van der Waals surface area contributed by atoms with Gasteiger partial charge in [-0.05, 0) is 42.9 Å². The van der Waals surface area contributed by atoms with Gasteiger partial charge in [-0.1, -0.05) is 0 Å². The molecule has 0 aliphatic heterocycles. The molecule has 5 N–H and O–H groups in total. The van der Waals surface area contributed by atoms with Crippen LogP contribution in [0, 0.1) is 0 Å². The van der Waals surface area contributed by atoms with Gasteiger partial charge in [-0.2, -0.15) is 13.2 Å². The van der Waals surface area contributed by atoms with Crippen molar-refractivity contribution in [2.75, 3.05) is 6.54 Å². The largest absolute Gasteiger partial charge is 0.508 e. The van der Waals surface area contributed by atoms with Crippen LogP contribution in [-0.2, 0) is 0 Å². The van der Waals surface area contributed by atoms with Crippen LogP contribution in [0.15, 0.2) is 23.1 Å². The summed E-state index contributed by atoms with van der Waals surface area (Å²) in [7, 11) is 0. The van der Waals surface area contributed by atoms with Gasteiger partial charge in [-0.3, -0.25) is 0 Å². The molecule has 0 saturated carbocycles. The first-order chi connectivity index (χ1) is 7.83. The molecule has 8 heteroatoms. The SMILES string of the molecule is Cl.NCC[C@@H](N)c1cc(SC(F)(F)F)ccc1O. The van der Waals surface area contributed by atoms with Gasteiger partial charge in [-0.25, -0.2) is 0 Å². The van der Waals surface area contributed by atoms with Crippen molar-refractivity contribution in [1.82, 2.24) is 0 Å². The smallest absolute Gasteiger partial charge is 0.446 e.